The minimum atomic E-state index is -2.50. The predicted molar refractivity (Wildman–Crippen MR) is 76.9 cm³/mol. The van der Waals surface area contributed by atoms with Crippen molar-refractivity contribution in [2.45, 2.75) is 19.8 Å². The van der Waals surface area contributed by atoms with Crippen LogP contribution < -0.4 is 10.6 Å². The molecule has 0 aliphatic heterocycles. The topological polar surface area (TPSA) is 32.5 Å². The van der Waals surface area contributed by atoms with E-state index in [0.29, 0.717) is 17.9 Å². The summed E-state index contributed by atoms with van der Waals surface area (Å²) in [6, 6.07) is 4.74. The average molecular weight is 271 g/mol. The Kier molecular flexibility index (Phi) is 6.02. The van der Waals surface area contributed by atoms with Crippen LogP contribution in [0.3, 0.4) is 0 Å². The van der Waals surface area contributed by atoms with Crippen LogP contribution in [0.4, 0.5) is 20.2 Å². The Bertz CT molecular complexity index is 394. The van der Waals surface area contributed by atoms with Gasteiger partial charge in [0.05, 0.1) is 0 Å². The van der Waals surface area contributed by atoms with Gasteiger partial charge in [0.15, 0.2) is 0 Å². The van der Waals surface area contributed by atoms with Crippen LogP contribution in [-0.4, -0.2) is 38.6 Å². The van der Waals surface area contributed by atoms with Crippen LogP contribution in [0.15, 0.2) is 18.2 Å². The first kappa shape index (κ1) is 15.7. The summed E-state index contributed by atoms with van der Waals surface area (Å²) >= 11 is 0. The van der Waals surface area contributed by atoms with Crippen molar-refractivity contribution >= 4 is 11.4 Å². The molecule has 1 aromatic carbocycles. The second kappa shape index (κ2) is 7.28. The van der Waals surface area contributed by atoms with Gasteiger partial charge in [-0.1, -0.05) is 0 Å². The highest BCUT2D eigenvalue weighted by molar-refractivity contribution is 5.60. The molecule has 0 aliphatic carbocycles. The zero-order valence-corrected chi connectivity index (χ0v) is 11.9. The van der Waals surface area contributed by atoms with Gasteiger partial charge in [-0.15, -0.1) is 0 Å². The third-order valence-electron chi connectivity index (χ3n) is 3.04. The van der Waals surface area contributed by atoms with Crippen LogP contribution in [0.25, 0.3) is 0 Å². The fourth-order valence-corrected chi connectivity index (χ4v) is 2.06. The third-order valence-corrected chi connectivity index (χ3v) is 3.04. The number of nitrogens with zero attached hydrogens (tertiary/aromatic N) is 2. The summed E-state index contributed by atoms with van der Waals surface area (Å²) in [7, 11) is 4.01. The Balaban J connectivity index is 2.85. The van der Waals surface area contributed by atoms with Crippen molar-refractivity contribution < 1.29 is 8.78 Å². The number of anilines is 2. The lowest BCUT2D eigenvalue weighted by Crippen LogP contribution is -2.28. The van der Waals surface area contributed by atoms with Gasteiger partial charge in [0.25, 0.3) is 6.43 Å². The molecule has 0 spiro atoms. The first-order chi connectivity index (χ1) is 8.95. The normalized spacial score (nSPS) is 11.3. The number of nitrogens with two attached hydrogens (primary N) is 1. The van der Waals surface area contributed by atoms with Crippen molar-refractivity contribution in [3.05, 3.63) is 23.8 Å². The summed E-state index contributed by atoms with van der Waals surface area (Å²) in [6.45, 7) is 4.38. The first-order valence-corrected chi connectivity index (χ1v) is 6.53. The lowest BCUT2D eigenvalue weighted by atomic mass is 10.1. The summed E-state index contributed by atoms with van der Waals surface area (Å²) in [5.74, 6) is 0. The standard InChI is InChI=1S/C14H23F2N3/c1-4-19(9-5-8-18(2)3)13-7-6-11(17)10-12(13)14(15)16/h6-7,10,14H,4-5,8-9,17H2,1-3H3. The Morgan fingerprint density at radius 2 is 1.89 bits per heavy atom. The number of hydrogen-bond acceptors (Lipinski definition) is 3. The highest BCUT2D eigenvalue weighted by Gasteiger charge is 2.17. The lowest BCUT2D eigenvalue weighted by Gasteiger charge is -2.26. The fourth-order valence-electron chi connectivity index (χ4n) is 2.06. The summed E-state index contributed by atoms with van der Waals surface area (Å²) in [6.07, 6.45) is -1.56. The van der Waals surface area contributed by atoms with Gasteiger partial charge in [0.1, 0.15) is 0 Å². The molecule has 0 saturated heterocycles. The number of alkyl halides is 2. The fraction of sp³-hybridized carbons (Fsp3) is 0.571. The largest absolute Gasteiger partial charge is 0.399 e. The maximum atomic E-state index is 13.1. The molecular weight excluding hydrogens is 248 g/mol. The van der Waals surface area contributed by atoms with Crippen molar-refractivity contribution in [1.29, 1.82) is 0 Å². The highest BCUT2D eigenvalue weighted by atomic mass is 19.3. The molecular formula is C14H23F2N3. The quantitative estimate of drug-likeness (QED) is 0.774. The SMILES string of the molecule is CCN(CCCN(C)C)c1ccc(N)cc1C(F)F. The van der Waals surface area contributed by atoms with Gasteiger partial charge in [0, 0.05) is 30.0 Å². The van der Waals surface area contributed by atoms with Gasteiger partial charge >= 0.3 is 0 Å². The van der Waals surface area contributed by atoms with Crippen molar-refractivity contribution in [3.63, 3.8) is 0 Å². The van der Waals surface area contributed by atoms with Crippen LogP contribution >= 0.6 is 0 Å². The van der Waals surface area contributed by atoms with Crippen LogP contribution in [0.5, 0.6) is 0 Å². The van der Waals surface area contributed by atoms with Crippen LogP contribution in [0.2, 0.25) is 0 Å². The van der Waals surface area contributed by atoms with Gasteiger partial charge in [-0.05, 0) is 52.2 Å². The van der Waals surface area contributed by atoms with Gasteiger partial charge < -0.3 is 15.5 Å². The smallest absolute Gasteiger partial charge is 0.265 e. The van der Waals surface area contributed by atoms with Gasteiger partial charge in [-0.2, -0.15) is 0 Å². The van der Waals surface area contributed by atoms with E-state index in [9.17, 15) is 8.78 Å². The Morgan fingerprint density at radius 3 is 2.42 bits per heavy atom. The van der Waals surface area contributed by atoms with E-state index in [-0.39, 0.29) is 5.56 Å². The maximum absolute atomic E-state index is 13.1. The molecule has 0 aliphatic rings. The molecule has 108 valence electrons. The molecule has 2 N–H and O–H groups in total. The van der Waals surface area contributed by atoms with E-state index in [0.717, 1.165) is 19.5 Å². The molecule has 0 unspecified atom stereocenters. The lowest BCUT2D eigenvalue weighted by molar-refractivity contribution is 0.152. The molecule has 0 radical (unpaired) electrons. The minimum absolute atomic E-state index is 0.0201. The summed E-state index contributed by atoms with van der Waals surface area (Å²) in [4.78, 5) is 4.06. The summed E-state index contributed by atoms with van der Waals surface area (Å²) in [5.41, 5.74) is 6.57. The monoisotopic (exact) mass is 271 g/mol. The van der Waals surface area contributed by atoms with E-state index < -0.39 is 6.43 Å². The van der Waals surface area contributed by atoms with Crippen molar-refractivity contribution in [2.24, 2.45) is 0 Å². The van der Waals surface area contributed by atoms with Crippen LogP contribution in [0.1, 0.15) is 25.3 Å². The van der Waals surface area contributed by atoms with E-state index in [4.69, 9.17) is 5.73 Å². The van der Waals surface area contributed by atoms with Gasteiger partial charge in [-0.3, -0.25) is 0 Å². The molecule has 3 nitrogen and oxygen atoms in total. The zero-order chi connectivity index (χ0) is 14.4. The molecule has 0 fully saturated rings. The van der Waals surface area contributed by atoms with E-state index >= 15 is 0 Å². The van der Waals surface area contributed by atoms with E-state index in [2.05, 4.69) is 4.90 Å². The average Bonchev–Trinajstić information content (AvgIpc) is 2.34. The molecule has 0 heterocycles. The Labute approximate surface area is 114 Å². The van der Waals surface area contributed by atoms with Crippen LogP contribution in [0, 0.1) is 0 Å². The number of hydrogen-bond donors (Lipinski definition) is 1. The highest BCUT2D eigenvalue weighted by Crippen LogP contribution is 2.31. The van der Waals surface area contributed by atoms with E-state index in [1.54, 1.807) is 12.1 Å². The maximum Gasteiger partial charge on any atom is 0.265 e. The first-order valence-electron chi connectivity index (χ1n) is 6.53. The number of halogens is 2. The molecule has 5 heteroatoms. The third kappa shape index (κ3) is 4.67. The van der Waals surface area contributed by atoms with E-state index in [1.807, 2.05) is 25.9 Å². The van der Waals surface area contributed by atoms with Crippen molar-refractivity contribution in [1.82, 2.24) is 4.90 Å². The Hall–Kier alpha value is -1.36. The number of nitrogen functional groups attached to an aromatic ring is 1. The number of rotatable bonds is 7. The number of benzene rings is 1. The minimum Gasteiger partial charge on any atom is -0.399 e. The van der Waals surface area contributed by atoms with Crippen molar-refractivity contribution in [3.8, 4) is 0 Å². The molecule has 0 bridgehead atoms. The second-order valence-corrected chi connectivity index (χ2v) is 4.86. The zero-order valence-electron chi connectivity index (χ0n) is 11.9. The molecule has 0 atom stereocenters. The van der Waals surface area contributed by atoms with Gasteiger partial charge in [-0.25, -0.2) is 8.78 Å². The molecule has 0 amide bonds. The molecule has 19 heavy (non-hydrogen) atoms. The molecule has 1 aromatic rings. The van der Waals surface area contributed by atoms with Gasteiger partial charge in [0.2, 0.25) is 0 Å². The molecule has 0 saturated carbocycles. The summed E-state index contributed by atoms with van der Waals surface area (Å²) in [5, 5.41) is 0. The van der Waals surface area contributed by atoms with E-state index in [1.165, 1.54) is 6.07 Å². The van der Waals surface area contributed by atoms with Crippen molar-refractivity contribution in [2.75, 3.05) is 44.4 Å². The summed E-state index contributed by atoms with van der Waals surface area (Å²) < 4.78 is 26.1. The molecule has 1 rings (SSSR count). The van der Waals surface area contributed by atoms with Crippen LogP contribution in [-0.2, 0) is 0 Å². The molecule has 0 aromatic heterocycles. The predicted octanol–water partition coefficient (Wildman–Crippen LogP) is 2.98. The second-order valence-electron chi connectivity index (χ2n) is 4.86. The Morgan fingerprint density at radius 1 is 1.21 bits per heavy atom.